The number of amides is 3. The molecule has 1 aromatic carbocycles. The minimum Gasteiger partial charge on any atom is -0.454 e. The molecule has 1 saturated heterocycles. The van der Waals surface area contributed by atoms with Gasteiger partial charge in [-0.3, -0.25) is 4.79 Å². The van der Waals surface area contributed by atoms with Crippen LogP contribution in [0.5, 0.6) is 0 Å². The molecule has 1 atom stereocenters. The van der Waals surface area contributed by atoms with Crippen molar-refractivity contribution < 1.29 is 14.0 Å². The molecule has 0 bridgehead atoms. The van der Waals surface area contributed by atoms with Crippen LogP contribution in [-0.2, 0) is 6.54 Å². The number of likely N-dealkylation sites (tertiary alicyclic amines) is 1. The van der Waals surface area contributed by atoms with Crippen LogP contribution in [0, 0.1) is 6.92 Å². The van der Waals surface area contributed by atoms with Gasteiger partial charge in [-0.1, -0.05) is 29.8 Å². The fourth-order valence-corrected chi connectivity index (χ4v) is 3.10. The van der Waals surface area contributed by atoms with E-state index in [4.69, 9.17) is 10.2 Å². The van der Waals surface area contributed by atoms with Gasteiger partial charge in [-0.25, -0.2) is 4.79 Å². The van der Waals surface area contributed by atoms with Gasteiger partial charge in [0.25, 0.3) is 5.91 Å². The molecular weight excluding hydrogens is 306 g/mol. The lowest BCUT2D eigenvalue weighted by Gasteiger charge is -2.25. The summed E-state index contributed by atoms with van der Waals surface area (Å²) in [6.07, 6.45) is 1.95. The van der Waals surface area contributed by atoms with Gasteiger partial charge in [-0.15, -0.1) is 0 Å². The van der Waals surface area contributed by atoms with Crippen LogP contribution in [-0.4, -0.2) is 23.4 Å². The van der Waals surface area contributed by atoms with E-state index >= 15 is 0 Å². The molecular formula is C18H21N3O3. The van der Waals surface area contributed by atoms with Crippen molar-refractivity contribution in [3.63, 3.8) is 0 Å². The summed E-state index contributed by atoms with van der Waals surface area (Å²) in [6.45, 7) is 3.01. The Labute approximate surface area is 140 Å². The van der Waals surface area contributed by atoms with Crippen LogP contribution in [0.25, 0.3) is 0 Å². The number of rotatable bonds is 4. The molecule has 0 radical (unpaired) electrons. The summed E-state index contributed by atoms with van der Waals surface area (Å²) in [4.78, 5) is 25.4. The number of carbonyl (C=O) groups is 2. The van der Waals surface area contributed by atoms with Gasteiger partial charge in [0.1, 0.15) is 5.76 Å². The molecule has 2 heterocycles. The Bertz CT molecular complexity index is 753. The molecule has 0 saturated carbocycles. The number of aryl methyl sites for hydroxylation is 1. The maximum absolute atomic E-state index is 12.5. The quantitative estimate of drug-likeness (QED) is 0.905. The third-order valence-electron chi connectivity index (χ3n) is 4.26. The molecule has 1 aliphatic rings. The zero-order chi connectivity index (χ0) is 17.1. The molecule has 126 valence electrons. The first-order valence-electron chi connectivity index (χ1n) is 8.04. The van der Waals surface area contributed by atoms with Crippen molar-refractivity contribution in [1.82, 2.24) is 10.2 Å². The summed E-state index contributed by atoms with van der Waals surface area (Å²) < 4.78 is 5.28. The zero-order valence-corrected chi connectivity index (χ0v) is 13.6. The van der Waals surface area contributed by atoms with Gasteiger partial charge in [0.05, 0.1) is 12.6 Å². The van der Waals surface area contributed by atoms with Crippen molar-refractivity contribution in [3.05, 3.63) is 59.0 Å². The van der Waals surface area contributed by atoms with E-state index in [1.165, 1.54) is 11.6 Å². The van der Waals surface area contributed by atoms with Gasteiger partial charge in [0, 0.05) is 6.54 Å². The first-order valence-corrected chi connectivity index (χ1v) is 8.04. The van der Waals surface area contributed by atoms with E-state index in [0.29, 0.717) is 5.76 Å². The molecule has 2 aromatic rings. The van der Waals surface area contributed by atoms with Crippen molar-refractivity contribution in [2.45, 2.75) is 32.4 Å². The Morgan fingerprint density at radius 3 is 2.88 bits per heavy atom. The maximum Gasteiger partial charge on any atom is 0.318 e. The van der Waals surface area contributed by atoms with Crippen LogP contribution < -0.4 is 11.1 Å². The summed E-state index contributed by atoms with van der Waals surface area (Å²) in [5.41, 5.74) is 7.50. The molecule has 3 rings (SSSR count). The van der Waals surface area contributed by atoms with Gasteiger partial charge in [-0.05, 0) is 37.5 Å². The number of hydrogen-bond acceptors (Lipinski definition) is 3. The van der Waals surface area contributed by atoms with Gasteiger partial charge < -0.3 is 20.4 Å². The third kappa shape index (κ3) is 3.42. The predicted molar refractivity (Wildman–Crippen MR) is 89.3 cm³/mol. The molecule has 6 nitrogen and oxygen atoms in total. The molecule has 3 N–H and O–H groups in total. The highest BCUT2D eigenvalue weighted by Gasteiger charge is 2.29. The van der Waals surface area contributed by atoms with Crippen LogP contribution in [0.1, 0.15) is 46.3 Å². The summed E-state index contributed by atoms with van der Waals surface area (Å²) in [5, 5.41) is 2.85. The maximum atomic E-state index is 12.5. The van der Waals surface area contributed by atoms with Crippen molar-refractivity contribution >= 4 is 11.9 Å². The number of urea groups is 1. The number of furan rings is 1. The third-order valence-corrected chi connectivity index (χ3v) is 4.26. The van der Waals surface area contributed by atoms with Crippen LogP contribution in [0.2, 0.25) is 0 Å². The van der Waals surface area contributed by atoms with Crippen LogP contribution >= 0.6 is 0 Å². The molecule has 1 fully saturated rings. The highest BCUT2D eigenvalue weighted by Crippen LogP contribution is 2.32. The molecule has 0 spiro atoms. The first-order chi connectivity index (χ1) is 11.5. The topological polar surface area (TPSA) is 88.6 Å². The second-order valence-electron chi connectivity index (χ2n) is 6.05. The number of nitrogens with zero attached hydrogens (tertiary/aromatic N) is 1. The zero-order valence-electron chi connectivity index (χ0n) is 13.6. The number of carbonyl (C=O) groups excluding carboxylic acids is 2. The fourth-order valence-electron chi connectivity index (χ4n) is 3.10. The van der Waals surface area contributed by atoms with Crippen LogP contribution in [0.3, 0.4) is 0 Å². The summed E-state index contributed by atoms with van der Waals surface area (Å²) in [5.74, 6) is -0.0202. The number of nitrogens with one attached hydrogen (secondary N) is 1. The number of primary amides is 1. The Balaban J connectivity index is 1.64. The highest BCUT2D eigenvalue weighted by atomic mass is 16.4. The van der Waals surface area contributed by atoms with E-state index in [9.17, 15) is 9.59 Å². The normalized spacial score (nSPS) is 17.0. The van der Waals surface area contributed by atoms with Crippen molar-refractivity contribution in [3.8, 4) is 0 Å². The summed E-state index contributed by atoms with van der Waals surface area (Å²) >= 11 is 0. The SMILES string of the molecule is Cc1cccc(C2CCCN2C(=O)NCc2ccc(C(N)=O)o2)c1. The lowest BCUT2D eigenvalue weighted by atomic mass is 10.0. The van der Waals surface area contributed by atoms with Gasteiger partial charge >= 0.3 is 6.03 Å². The summed E-state index contributed by atoms with van der Waals surface area (Å²) in [7, 11) is 0. The highest BCUT2D eigenvalue weighted by molar-refractivity contribution is 5.89. The smallest absolute Gasteiger partial charge is 0.318 e. The van der Waals surface area contributed by atoms with E-state index in [-0.39, 0.29) is 24.4 Å². The van der Waals surface area contributed by atoms with E-state index in [0.717, 1.165) is 24.9 Å². The molecule has 1 aliphatic heterocycles. The van der Waals surface area contributed by atoms with Crippen molar-refractivity contribution in [2.24, 2.45) is 5.73 Å². The average molecular weight is 327 g/mol. The fraction of sp³-hybridized carbons (Fsp3) is 0.333. The van der Waals surface area contributed by atoms with Crippen LogP contribution in [0.4, 0.5) is 4.79 Å². The van der Waals surface area contributed by atoms with E-state index < -0.39 is 5.91 Å². The van der Waals surface area contributed by atoms with Gasteiger partial charge in [0.2, 0.25) is 0 Å². The minimum atomic E-state index is -0.619. The minimum absolute atomic E-state index is 0.0954. The lowest BCUT2D eigenvalue weighted by molar-refractivity contribution is 0.0972. The Morgan fingerprint density at radius 1 is 1.33 bits per heavy atom. The molecule has 1 aromatic heterocycles. The Morgan fingerprint density at radius 2 is 2.17 bits per heavy atom. The Kier molecular flexibility index (Phi) is 4.55. The number of benzene rings is 1. The molecule has 3 amide bonds. The monoisotopic (exact) mass is 327 g/mol. The van der Waals surface area contributed by atoms with Crippen molar-refractivity contribution in [1.29, 1.82) is 0 Å². The first kappa shape index (κ1) is 16.1. The standard InChI is InChI=1S/C18H21N3O3/c1-12-4-2-5-13(10-12)15-6-3-9-21(15)18(23)20-11-14-7-8-16(24-14)17(19)22/h2,4-5,7-8,10,15H,3,6,9,11H2,1H3,(H2,19,22)(H,20,23). The largest absolute Gasteiger partial charge is 0.454 e. The molecule has 6 heteroatoms. The second kappa shape index (κ2) is 6.78. The molecule has 0 aliphatic carbocycles. The molecule has 1 unspecified atom stereocenters. The van der Waals surface area contributed by atoms with Crippen LogP contribution in [0.15, 0.2) is 40.8 Å². The number of hydrogen-bond donors (Lipinski definition) is 2. The Hall–Kier alpha value is -2.76. The molecule has 24 heavy (non-hydrogen) atoms. The van der Waals surface area contributed by atoms with E-state index in [2.05, 4.69) is 30.4 Å². The van der Waals surface area contributed by atoms with E-state index in [1.807, 2.05) is 11.0 Å². The van der Waals surface area contributed by atoms with Gasteiger partial charge in [-0.2, -0.15) is 0 Å². The number of nitrogens with two attached hydrogens (primary N) is 1. The predicted octanol–water partition coefficient (Wildman–Crippen LogP) is 2.73. The lowest BCUT2D eigenvalue weighted by Crippen LogP contribution is -2.39. The summed E-state index contributed by atoms with van der Waals surface area (Å²) in [6, 6.07) is 11.4. The van der Waals surface area contributed by atoms with Crippen molar-refractivity contribution in [2.75, 3.05) is 6.54 Å². The second-order valence-corrected chi connectivity index (χ2v) is 6.05. The van der Waals surface area contributed by atoms with E-state index in [1.54, 1.807) is 6.07 Å². The average Bonchev–Trinajstić information content (AvgIpc) is 3.22. The van der Waals surface area contributed by atoms with Gasteiger partial charge in [0.15, 0.2) is 5.76 Å².